The highest BCUT2D eigenvalue weighted by molar-refractivity contribution is 6.34. The molecule has 2 aromatic rings. The Balaban J connectivity index is 1.36. The maximum Gasteiger partial charge on any atom is 0.234 e. The van der Waals surface area contributed by atoms with Crippen molar-refractivity contribution in [1.29, 1.82) is 0 Å². The van der Waals surface area contributed by atoms with Gasteiger partial charge in [0.1, 0.15) is 17.2 Å². The number of amides is 1. The van der Waals surface area contributed by atoms with Crippen LogP contribution in [0, 0.1) is 5.82 Å². The minimum atomic E-state index is -0.369. The summed E-state index contributed by atoms with van der Waals surface area (Å²) >= 11 is 6.08. The number of aromatic amines is 1. The van der Waals surface area contributed by atoms with E-state index in [4.69, 9.17) is 11.6 Å². The number of fused-ring (bicyclic) bond motifs is 3. The summed E-state index contributed by atoms with van der Waals surface area (Å²) in [6.07, 6.45) is 1.14. The van der Waals surface area contributed by atoms with Gasteiger partial charge in [0.25, 0.3) is 0 Å². The van der Waals surface area contributed by atoms with Crippen molar-refractivity contribution >= 4 is 28.5 Å². The minimum absolute atomic E-state index is 0.0830. The van der Waals surface area contributed by atoms with Gasteiger partial charge in [-0.2, -0.15) is 0 Å². The van der Waals surface area contributed by atoms with Gasteiger partial charge in [0, 0.05) is 30.7 Å². The van der Waals surface area contributed by atoms with E-state index in [0.29, 0.717) is 41.2 Å². The van der Waals surface area contributed by atoms with Gasteiger partial charge < -0.3 is 10.3 Å². The van der Waals surface area contributed by atoms with Crippen LogP contribution in [0.4, 0.5) is 4.39 Å². The molecule has 3 aliphatic heterocycles. The molecule has 3 aliphatic rings. The number of H-pyrrole nitrogens is 1. The van der Waals surface area contributed by atoms with E-state index in [1.807, 2.05) is 20.8 Å². The normalized spacial score (nSPS) is 23.4. The largest absolute Gasteiger partial charge is 0.350 e. The van der Waals surface area contributed by atoms with Crippen LogP contribution in [0.5, 0.6) is 0 Å². The number of piperazine rings is 1. The van der Waals surface area contributed by atoms with Crippen LogP contribution in [0.2, 0.25) is 5.02 Å². The molecular formula is C19H25ClFN5O. The van der Waals surface area contributed by atoms with Gasteiger partial charge in [-0.05, 0) is 39.3 Å². The van der Waals surface area contributed by atoms with Gasteiger partial charge in [-0.25, -0.2) is 9.37 Å². The molecule has 2 atom stereocenters. The predicted molar refractivity (Wildman–Crippen MR) is 103 cm³/mol. The Morgan fingerprint density at radius 3 is 2.74 bits per heavy atom. The Morgan fingerprint density at radius 2 is 2.07 bits per heavy atom. The number of benzene rings is 1. The first-order chi connectivity index (χ1) is 12.7. The second-order valence-electron chi connectivity index (χ2n) is 8.68. The lowest BCUT2D eigenvalue weighted by atomic mass is 9.87. The highest BCUT2D eigenvalue weighted by Gasteiger charge is 2.45. The highest BCUT2D eigenvalue weighted by Crippen LogP contribution is 2.32. The lowest BCUT2D eigenvalue weighted by molar-refractivity contribution is -0.132. The molecule has 0 spiro atoms. The summed E-state index contributed by atoms with van der Waals surface area (Å²) in [4.78, 5) is 24.5. The van der Waals surface area contributed by atoms with Crippen LogP contribution in [0.25, 0.3) is 11.0 Å². The molecule has 0 aliphatic carbocycles. The zero-order valence-corrected chi connectivity index (χ0v) is 16.6. The second-order valence-corrected chi connectivity index (χ2v) is 9.08. The van der Waals surface area contributed by atoms with Crippen molar-refractivity contribution in [1.82, 2.24) is 25.1 Å². The standard InChI is InChI=1S/C19H25ClFN5O/c1-19(2,3)24-17(27)10-26-12-6-13(26)8-25(7-12)9-16-22-15-5-11(21)4-14(20)18(15)23-16/h4-5,12-13H,6-10H2,1-3H3,(H,22,23)(H,24,27). The van der Waals surface area contributed by atoms with Gasteiger partial charge in [0.15, 0.2) is 0 Å². The number of hydrogen-bond acceptors (Lipinski definition) is 4. The van der Waals surface area contributed by atoms with E-state index in [1.54, 1.807) is 0 Å². The molecule has 1 aromatic carbocycles. The number of piperidine rings is 1. The summed E-state index contributed by atoms with van der Waals surface area (Å²) in [7, 11) is 0. The molecule has 4 heterocycles. The van der Waals surface area contributed by atoms with Crippen LogP contribution in [-0.2, 0) is 11.3 Å². The third kappa shape index (κ3) is 3.95. The first-order valence-corrected chi connectivity index (χ1v) is 9.68. The third-order valence-electron chi connectivity index (χ3n) is 5.19. The number of imidazole rings is 1. The maximum absolute atomic E-state index is 13.5. The first-order valence-electron chi connectivity index (χ1n) is 9.31. The molecular weight excluding hydrogens is 369 g/mol. The van der Waals surface area contributed by atoms with Crippen LogP contribution in [0.3, 0.4) is 0 Å². The van der Waals surface area contributed by atoms with Crippen molar-refractivity contribution in [3.8, 4) is 0 Å². The van der Waals surface area contributed by atoms with Crippen molar-refractivity contribution in [3.05, 3.63) is 28.8 Å². The lowest BCUT2D eigenvalue weighted by Crippen LogP contribution is -2.69. The summed E-state index contributed by atoms with van der Waals surface area (Å²) in [5.74, 6) is 0.501. The molecule has 1 amide bonds. The molecule has 0 saturated carbocycles. The molecule has 1 aromatic heterocycles. The Morgan fingerprint density at radius 1 is 1.37 bits per heavy atom. The Labute approximate surface area is 163 Å². The quantitative estimate of drug-likeness (QED) is 0.837. The Kier molecular flexibility index (Phi) is 4.64. The van der Waals surface area contributed by atoms with Crippen molar-refractivity contribution in [2.75, 3.05) is 19.6 Å². The highest BCUT2D eigenvalue weighted by atomic mass is 35.5. The third-order valence-corrected chi connectivity index (χ3v) is 5.48. The van der Waals surface area contributed by atoms with Gasteiger partial charge in [-0.1, -0.05) is 11.6 Å². The first kappa shape index (κ1) is 18.7. The summed E-state index contributed by atoms with van der Waals surface area (Å²) in [6.45, 7) is 8.91. The fourth-order valence-electron chi connectivity index (χ4n) is 4.17. The second kappa shape index (κ2) is 6.72. The lowest BCUT2D eigenvalue weighted by Gasteiger charge is -2.56. The van der Waals surface area contributed by atoms with Crippen LogP contribution in [-0.4, -0.2) is 62.9 Å². The van der Waals surface area contributed by atoms with Crippen LogP contribution < -0.4 is 5.32 Å². The van der Waals surface area contributed by atoms with Crippen LogP contribution in [0.1, 0.15) is 33.0 Å². The molecule has 5 rings (SSSR count). The van der Waals surface area contributed by atoms with Crippen molar-refractivity contribution in [2.45, 2.75) is 51.4 Å². The average molecular weight is 394 g/mol. The van der Waals surface area contributed by atoms with E-state index in [0.717, 1.165) is 25.3 Å². The van der Waals surface area contributed by atoms with Gasteiger partial charge in [-0.3, -0.25) is 14.6 Å². The van der Waals surface area contributed by atoms with Crippen LogP contribution >= 0.6 is 11.6 Å². The maximum atomic E-state index is 13.5. The van der Waals surface area contributed by atoms with Gasteiger partial charge in [-0.15, -0.1) is 0 Å². The van der Waals surface area contributed by atoms with E-state index in [9.17, 15) is 9.18 Å². The number of rotatable bonds is 4. The van der Waals surface area contributed by atoms with Gasteiger partial charge in [0.2, 0.25) is 5.91 Å². The van der Waals surface area contributed by atoms with E-state index >= 15 is 0 Å². The molecule has 146 valence electrons. The zero-order chi connectivity index (χ0) is 19.3. The predicted octanol–water partition coefficient (Wildman–Crippen LogP) is 2.53. The van der Waals surface area contributed by atoms with E-state index in [-0.39, 0.29) is 17.3 Å². The zero-order valence-electron chi connectivity index (χ0n) is 15.9. The number of carbonyl (C=O) groups is 1. The summed E-state index contributed by atoms with van der Waals surface area (Å²) in [6, 6.07) is 3.51. The summed E-state index contributed by atoms with van der Waals surface area (Å²) in [5.41, 5.74) is 1.03. The summed E-state index contributed by atoms with van der Waals surface area (Å²) < 4.78 is 13.5. The fourth-order valence-corrected chi connectivity index (χ4v) is 4.41. The number of hydrogen-bond donors (Lipinski definition) is 2. The van der Waals surface area contributed by atoms with Gasteiger partial charge >= 0.3 is 0 Å². The monoisotopic (exact) mass is 393 g/mol. The van der Waals surface area contributed by atoms with E-state index in [1.165, 1.54) is 12.1 Å². The Hall–Kier alpha value is -1.70. The molecule has 27 heavy (non-hydrogen) atoms. The molecule has 0 radical (unpaired) electrons. The number of nitrogens with zero attached hydrogens (tertiary/aromatic N) is 3. The van der Waals surface area contributed by atoms with Crippen molar-refractivity contribution in [3.63, 3.8) is 0 Å². The number of carbonyl (C=O) groups excluding carboxylic acids is 1. The molecule has 2 bridgehead atoms. The van der Waals surface area contributed by atoms with E-state index in [2.05, 4.69) is 25.1 Å². The topological polar surface area (TPSA) is 64.3 Å². The molecule has 2 unspecified atom stereocenters. The Bertz CT molecular complexity index is 865. The van der Waals surface area contributed by atoms with E-state index < -0.39 is 0 Å². The number of halogens is 2. The number of aromatic nitrogens is 2. The molecule has 3 fully saturated rings. The molecule has 8 heteroatoms. The fraction of sp³-hybridized carbons (Fsp3) is 0.579. The van der Waals surface area contributed by atoms with Crippen LogP contribution in [0.15, 0.2) is 12.1 Å². The molecule has 6 nitrogen and oxygen atoms in total. The minimum Gasteiger partial charge on any atom is -0.350 e. The number of nitrogens with one attached hydrogen (secondary N) is 2. The average Bonchev–Trinajstić information content (AvgIpc) is 2.93. The smallest absolute Gasteiger partial charge is 0.234 e. The molecule has 3 saturated heterocycles. The summed E-state index contributed by atoms with van der Waals surface area (Å²) in [5, 5.41) is 3.36. The SMILES string of the molecule is CC(C)(C)NC(=O)CN1C2CC1CN(Cc1nc3c(Cl)cc(F)cc3[nH]1)C2. The van der Waals surface area contributed by atoms with Crippen molar-refractivity contribution < 1.29 is 9.18 Å². The van der Waals surface area contributed by atoms with Gasteiger partial charge in [0.05, 0.1) is 23.6 Å². The van der Waals surface area contributed by atoms with Crippen molar-refractivity contribution in [2.24, 2.45) is 0 Å². The molecule has 2 N–H and O–H groups in total.